The Bertz CT molecular complexity index is 1490. The van der Waals surface area contributed by atoms with Gasteiger partial charge in [0.1, 0.15) is 20.2 Å². The maximum absolute atomic E-state index is 12.1. The van der Waals surface area contributed by atoms with E-state index in [-0.39, 0.29) is 97.6 Å². The van der Waals surface area contributed by atoms with E-state index in [2.05, 4.69) is 0 Å². The van der Waals surface area contributed by atoms with Gasteiger partial charge in [0.25, 0.3) is 0 Å². The number of carbonyl (C=O) groups is 4. The van der Waals surface area contributed by atoms with Crippen molar-refractivity contribution in [3.8, 4) is 0 Å². The number of esters is 4. The van der Waals surface area contributed by atoms with Crippen molar-refractivity contribution in [2.24, 2.45) is 0 Å². The fraction of sp³-hybridized carbons (Fsp3) is 0.500. The molecule has 14 nitrogen and oxygen atoms in total. The molecule has 49 heavy (non-hydrogen) atoms. The van der Waals surface area contributed by atoms with Gasteiger partial charge in [0.2, 0.25) is 0 Å². The van der Waals surface area contributed by atoms with Crippen molar-refractivity contribution >= 4 is 93.0 Å². The first-order chi connectivity index (χ1) is 22.6. The molecule has 0 atom stereocenters. The molecule has 0 saturated carbocycles. The van der Waals surface area contributed by atoms with Crippen molar-refractivity contribution in [3.05, 3.63) is 58.7 Å². The van der Waals surface area contributed by atoms with Crippen LogP contribution in [0.4, 0.5) is 0 Å². The summed E-state index contributed by atoms with van der Waals surface area (Å²) in [4.78, 5) is 47.2. The molecule has 0 unspecified atom stereocenters. The van der Waals surface area contributed by atoms with Gasteiger partial charge in [-0.3, -0.25) is 0 Å². The number of ether oxygens (including phenoxy) is 4. The average Bonchev–Trinajstić information content (AvgIpc) is 3.04. The molecule has 268 valence electrons. The molecule has 0 aliphatic rings. The fourth-order valence-electron chi connectivity index (χ4n) is 3.60. The van der Waals surface area contributed by atoms with Crippen molar-refractivity contribution in [1.82, 2.24) is 0 Å². The van der Waals surface area contributed by atoms with E-state index in [1.165, 1.54) is 0 Å². The number of benzene rings is 2. The Morgan fingerprint density at radius 1 is 0.490 bits per heavy atom. The van der Waals surface area contributed by atoms with Gasteiger partial charge in [-0.15, -0.1) is 0 Å². The van der Waals surface area contributed by atoms with Crippen LogP contribution in [0.25, 0.3) is 0 Å². The molecule has 0 heterocycles. The quantitative estimate of drug-likeness (QED) is 0.0657. The van der Waals surface area contributed by atoms with Crippen LogP contribution in [-0.2, 0) is 39.2 Å². The van der Waals surface area contributed by atoms with Crippen LogP contribution in [0.2, 0.25) is 0 Å². The van der Waals surface area contributed by atoms with E-state index in [4.69, 9.17) is 18.9 Å². The topological polar surface area (TPSA) is 220 Å². The third-order valence-corrected chi connectivity index (χ3v) is 8.03. The molecule has 17 heteroatoms. The average molecular weight is 852 g/mol. The zero-order valence-electron chi connectivity index (χ0n) is 28.2. The summed E-state index contributed by atoms with van der Waals surface area (Å²) in [5.74, 6) is -3.26. The van der Waals surface area contributed by atoms with Crippen LogP contribution in [0.5, 0.6) is 0 Å². The molecule has 0 aliphatic heterocycles. The Labute approximate surface area is 328 Å². The van der Waals surface area contributed by atoms with E-state index in [0.717, 1.165) is 62.1 Å². The standard InChI is InChI=1S/2C16H22O7S.Ba/c2*1-3-5-9-22-15(17)13-8-7-12(24(19,20)21)11-14(13)16(18)23-10-6-4-2;/h2*7-8,11H,3-6,9-10H2,1-2H3,(H,19,20,21);/q;;+2/p-2. The van der Waals surface area contributed by atoms with Crippen LogP contribution in [0.15, 0.2) is 46.2 Å². The monoisotopic (exact) mass is 852 g/mol. The van der Waals surface area contributed by atoms with Gasteiger partial charge < -0.3 is 28.1 Å². The smallest absolute Gasteiger partial charge is 0.744 e. The van der Waals surface area contributed by atoms with Crippen LogP contribution in [0.3, 0.4) is 0 Å². The Morgan fingerprint density at radius 3 is 0.959 bits per heavy atom. The molecule has 0 bridgehead atoms. The minimum atomic E-state index is -4.76. The predicted octanol–water partition coefficient (Wildman–Crippen LogP) is 4.63. The number of hydrogen-bond acceptors (Lipinski definition) is 14. The normalized spacial score (nSPS) is 10.9. The number of rotatable bonds is 18. The number of unbranched alkanes of at least 4 members (excludes halogenated alkanes) is 4. The largest absolute Gasteiger partial charge is 2.00 e. The van der Waals surface area contributed by atoms with E-state index in [1.807, 2.05) is 27.7 Å². The molecule has 0 aromatic heterocycles. The van der Waals surface area contributed by atoms with Gasteiger partial charge >= 0.3 is 72.8 Å². The Balaban J connectivity index is 0.000000922. The summed E-state index contributed by atoms with van der Waals surface area (Å²) in [6.45, 7) is 8.31. The van der Waals surface area contributed by atoms with Crippen LogP contribution in [0, 0.1) is 0 Å². The van der Waals surface area contributed by atoms with Crippen LogP contribution >= 0.6 is 0 Å². The summed E-state index contributed by atoms with van der Waals surface area (Å²) in [7, 11) is -9.51. The van der Waals surface area contributed by atoms with Gasteiger partial charge in [0.05, 0.1) is 58.5 Å². The Kier molecular flexibility index (Phi) is 22.9. The summed E-state index contributed by atoms with van der Waals surface area (Å²) in [5, 5.41) is 0. The SMILES string of the molecule is CCCCOC(=O)c1ccc(S(=O)(=O)[O-])cc1C(=O)OCCCC.CCCCOC(=O)c1ccc(S(=O)(=O)[O-])cc1C(=O)OCCCC.[Ba+2]. The molecule has 0 amide bonds. The third kappa shape index (κ3) is 17.0. The predicted molar refractivity (Wildman–Crippen MR) is 175 cm³/mol. The first-order valence-corrected chi connectivity index (χ1v) is 18.3. The molecule has 0 saturated heterocycles. The Hall–Kier alpha value is -2.29. The first-order valence-electron chi connectivity index (χ1n) is 15.5. The van der Waals surface area contributed by atoms with E-state index in [0.29, 0.717) is 25.7 Å². The summed E-state index contributed by atoms with van der Waals surface area (Å²) < 4.78 is 86.9. The molecule has 0 aliphatic carbocycles. The number of carbonyl (C=O) groups excluding carboxylic acids is 4. The second-order valence-corrected chi connectivity index (χ2v) is 13.0. The van der Waals surface area contributed by atoms with E-state index >= 15 is 0 Å². The molecular weight excluding hydrogens is 810 g/mol. The number of hydrogen-bond donors (Lipinski definition) is 0. The van der Waals surface area contributed by atoms with Gasteiger partial charge in [-0.1, -0.05) is 53.4 Å². The van der Waals surface area contributed by atoms with Crippen molar-refractivity contribution in [3.63, 3.8) is 0 Å². The summed E-state index contributed by atoms with van der Waals surface area (Å²) >= 11 is 0. The zero-order valence-corrected chi connectivity index (χ0v) is 34.3. The van der Waals surface area contributed by atoms with Crippen molar-refractivity contribution in [1.29, 1.82) is 0 Å². The molecule has 0 radical (unpaired) electrons. The summed E-state index contributed by atoms with van der Waals surface area (Å²) in [6, 6.07) is 5.84. The minimum absolute atomic E-state index is 0. The van der Waals surface area contributed by atoms with E-state index in [1.54, 1.807) is 0 Å². The Morgan fingerprint density at radius 2 is 0.735 bits per heavy atom. The van der Waals surface area contributed by atoms with Crippen molar-refractivity contribution < 1.29 is 64.1 Å². The molecule has 0 spiro atoms. The van der Waals surface area contributed by atoms with Gasteiger partial charge in [0.15, 0.2) is 0 Å². The zero-order chi connectivity index (χ0) is 36.3. The van der Waals surface area contributed by atoms with Crippen LogP contribution in [0.1, 0.15) is 120 Å². The molecular formula is C32H42BaO14S2. The van der Waals surface area contributed by atoms with Crippen LogP contribution < -0.4 is 0 Å². The molecule has 2 aromatic rings. The molecule has 2 rings (SSSR count). The fourth-order valence-corrected chi connectivity index (χ4v) is 4.59. The molecule has 0 fully saturated rings. The first kappa shape index (κ1) is 46.7. The molecule has 2 aromatic carbocycles. The van der Waals surface area contributed by atoms with E-state index in [9.17, 15) is 45.1 Å². The summed E-state index contributed by atoms with van der Waals surface area (Å²) in [5.41, 5.74) is -0.825. The minimum Gasteiger partial charge on any atom is -0.744 e. The van der Waals surface area contributed by atoms with Gasteiger partial charge in [0, 0.05) is 0 Å². The van der Waals surface area contributed by atoms with Gasteiger partial charge in [-0.2, -0.15) is 0 Å². The maximum atomic E-state index is 12.1. The van der Waals surface area contributed by atoms with Gasteiger partial charge in [-0.25, -0.2) is 36.0 Å². The summed E-state index contributed by atoms with van der Waals surface area (Å²) in [6.07, 6.45) is 5.83. The van der Waals surface area contributed by atoms with Crippen molar-refractivity contribution in [2.45, 2.75) is 88.9 Å². The molecule has 0 N–H and O–H groups in total. The second-order valence-electron chi connectivity index (χ2n) is 10.3. The van der Waals surface area contributed by atoms with Crippen molar-refractivity contribution in [2.75, 3.05) is 26.4 Å². The third-order valence-electron chi connectivity index (χ3n) is 6.36. The van der Waals surface area contributed by atoms with Crippen LogP contribution in [-0.4, -0.2) is 125 Å². The second kappa shape index (κ2) is 24.0. The maximum Gasteiger partial charge on any atom is 2.00 e. The van der Waals surface area contributed by atoms with E-state index < -0.39 is 53.9 Å². The van der Waals surface area contributed by atoms with Gasteiger partial charge in [-0.05, 0) is 62.1 Å².